The minimum absolute atomic E-state index is 0.00294. The number of carbonyl (C=O) groups is 2. The quantitative estimate of drug-likeness (QED) is 0.808. The van der Waals surface area contributed by atoms with Crippen LogP contribution in [0.4, 0.5) is 0 Å². The third-order valence-electron chi connectivity index (χ3n) is 3.80. The summed E-state index contributed by atoms with van der Waals surface area (Å²) in [6, 6.07) is 8.62. The predicted octanol–water partition coefficient (Wildman–Crippen LogP) is 2.50. The van der Waals surface area contributed by atoms with Crippen molar-refractivity contribution in [1.29, 1.82) is 0 Å². The van der Waals surface area contributed by atoms with Crippen molar-refractivity contribution in [3.8, 4) is 5.75 Å². The summed E-state index contributed by atoms with van der Waals surface area (Å²) in [5.74, 6) is 0.130. The molecule has 0 aliphatic carbocycles. The summed E-state index contributed by atoms with van der Waals surface area (Å²) in [6.45, 7) is 1.39. The third kappa shape index (κ3) is 3.53. The van der Waals surface area contributed by atoms with Crippen molar-refractivity contribution in [1.82, 2.24) is 4.90 Å². The van der Waals surface area contributed by atoms with Crippen molar-refractivity contribution in [2.45, 2.75) is 13.0 Å². The Morgan fingerprint density at radius 3 is 2.74 bits per heavy atom. The summed E-state index contributed by atoms with van der Waals surface area (Å²) in [7, 11) is 1.34. The van der Waals surface area contributed by atoms with Gasteiger partial charge in [0, 0.05) is 18.0 Å². The maximum Gasteiger partial charge on any atom is 0.337 e. The van der Waals surface area contributed by atoms with E-state index in [0.717, 1.165) is 13.0 Å². The van der Waals surface area contributed by atoms with Crippen LogP contribution in [-0.4, -0.2) is 37.0 Å². The number of ether oxygens (including phenoxy) is 2. The highest BCUT2D eigenvalue weighted by Gasteiger charge is 2.21. The van der Waals surface area contributed by atoms with Crippen molar-refractivity contribution in [2.24, 2.45) is 0 Å². The Bertz CT molecular complexity index is 708. The fourth-order valence-corrected chi connectivity index (χ4v) is 3.39. The molecule has 0 bridgehead atoms. The van der Waals surface area contributed by atoms with Gasteiger partial charge < -0.3 is 14.4 Å². The van der Waals surface area contributed by atoms with E-state index < -0.39 is 5.97 Å². The molecule has 1 aliphatic rings. The normalized spacial score (nSPS) is 13.3. The van der Waals surface area contributed by atoms with Gasteiger partial charge in [0.15, 0.2) is 6.61 Å². The highest BCUT2D eigenvalue weighted by atomic mass is 32.1. The van der Waals surface area contributed by atoms with E-state index >= 15 is 0 Å². The molecule has 1 aromatic heterocycles. The molecule has 0 spiro atoms. The van der Waals surface area contributed by atoms with Gasteiger partial charge in [-0.05, 0) is 47.7 Å². The molecule has 1 amide bonds. The molecule has 1 aromatic carbocycles. The summed E-state index contributed by atoms with van der Waals surface area (Å²) in [5.41, 5.74) is 1.68. The number of rotatable bonds is 4. The van der Waals surface area contributed by atoms with Crippen molar-refractivity contribution in [3.63, 3.8) is 0 Å². The lowest BCUT2D eigenvalue weighted by Gasteiger charge is -2.26. The first-order chi connectivity index (χ1) is 11.2. The average molecular weight is 331 g/mol. The Morgan fingerprint density at radius 1 is 1.22 bits per heavy atom. The van der Waals surface area contributed by atoms with E-state index in [2.05, 4.69) is 16.2 Å². The van der Waals surface area contributed by atoms with Gasteiger partial charge in [0.2, 0.25) is 0 Å². The maximum absolute atomic E-state index is 12.3. The molecule has 0 saturated heterocycles. The van der Waals surface area contributed by atoms with Gasteiger partial charge >= 0.3 is 5.97 Å². The van der Waals surface area contributed by atoms with Crippen LogP contribution >= 0.6 is 11.3 Å². The van der Waals surface area contributed by atoms with Crippen LogP contribution in [0.3, 0.4) is 0 Å². The number of amides is 1. The molecule has 2 heterocycles. The number of esters is 1. The number of benzene rings is 1. The first-order valence-electron chi connectivity index (χ1n) is 7.31. The van der Waals surface area contributed by atoms with E-state index in [9.17, 15) is 9.59 Å². The summed E-state index contributed by atoms with van der Waals surface area (Å²) >= 11 is 1.75. The lowest BCUT2D eigenvalue weighted by Crippen LogP contribution is -2.38. The molecule has 23 heavy (non-hydrogen) atoms. The number of carbonyl (C=O) groups excluding carboxylic acids is 2. The largest absolute Gasteiger partial charge is 0.484 e. The Labute approximate surface area is 138 Å². The zero-order chi connectivity index (χ0) is 16.2. The topological polar surface area (TPSA) is 55.8 Å². The van der Waals surface area contributed by atoms with E-state index in [1.807, 2.05) is 4.90 Å². The van der Waals surface area contributed by atoms with E-state index in [4.69, 9.17) is 4.74 Å². The van der Waals surface area contributed by atoms with Crippen LogP contribution < -0.4 is 4.74 Å². The number of hydrogen-bond donors (Lipinski definition) is 0. The van der Waals surface area contributed by atoms with Gasteiger partial charge in [0.1, 0.15) is 5.75 Å². The van der Waals surface area contributed by atoms with Crippen LogP contribution in [0.2, 0.25) is 0 Å². The van der Waals surface area contributed by atoms with Crippen LogP contribution in [0.5, 0.6) is 5.75 Å². The number of hydrogen-bond acceptors (Lipinski definition) is 5. The smallest absolute Gasteiger partial charge is 0.337 e. The molecular formula is C17H17NO4S. The Balaban J connectivity index is 1.54. The summed E-state index contributed by atoms with van der Waals surface area (Å²) < 4.78 is 10.2. The van der Waals surface area contributed by atoms with E-state index in [1.54, 1.807) is 35.6 Å². The van der Waals surface area contributed by atoms with E-state index in [1.165, 1.54) is 17.6 Å². The molecular weight excluding hydrogens is 314 g/mol. The van der Waals surface area contributed by atoms with Gasteiger partial charge in [-0.3, -0.25) is 4.79 Å². The van der Waals surface area contributed by atoms with Gasteiger partial charge in [-0.15, -0.1) is 11.3 Å². The summed E-state index contributed by atoms with van der Waals surface area (Å²) in [4.78, 5) is 26.8. The second kappa shape index (κ2) is 6.83. The first kappa shape index (κ1) is 15.6. The van der Waals surface area contributed by atoms with Crippen LogP contribution in [0.1, 0.15) is 20.8 Å². The summed E-state index contributed by atoms with van der Waals surface area (Å²) in [5, 5.41) is 2.07. The molecule has 0 unspecified atom stereocenters. The van der Waals surface area contributed by atoms with Crippen molar-refractivity contribution in [3.05, 3.63) is 51.7 Å². The highest BCUT2D eigenvalue weighted by Crippen LogP contribution is 2.24. The fraction of sp³-hybridized carbons (Fsp3) is 0.294. The van der Waals surface area contributed by atoms with E-state index in [0.29, 0.717) is 17.9 Å². The molecule has 0 atom stereocenters. The maximum atomic E-state index is 12.3. The minimum Gasteiger partial charge on any atom is -0.484 e. The van der Waals surface area contributed by atoms with Gasteiger partial charge in [-0.25, -0.2) is 4.79 Å². The number of methoxy groups -OCH3 is 1. The van der Waals surface area contributed by atoms with Gasteiger partial charge in [-0.2, -0.15) is 0 Å². The molecule has 1 aliphatic heterocycles. The Kier molecular flexibility index (Phi) is 4.62. The molecule has 0 N–H and O–H groups in total. The summed E-state index contributed by atoms with van der Waals surface area (Å²) in [6.07, 6.45) is 0.909. The number of thiophene rings is 1. The Morgan fingerprint density at radius 2 is 2.00 bits per heavy atom. The SMILES string of the molecule is COC(=O)c1ccc(OCC(=O)N2CCc3sccc3C2)cc1. The molecule has 5 nitrogen and oxygen atoms in total. The van der Waals surface area contributed by atoms with Gasteiger partial charge in [0.25, 0.3) is 5.91 Å². The lowest BCUT2D eigenvalue weighted by molar-refractivity contribution is -0.134. The van der Waals surface area contributed by atoms with Crippen molar-refractivity contribution in [2.75, 3.05) is 20.3 Å². The van der Waals surface area contributed by atoms with Crippen LogP contribution in [0.25, 0.3) is 0 Å². The van der Waals surface area contributed by atoms with Crippen molar-refractivity contribution < 1.29 is 19.1 Å². The zero-order valence-corrected chi connectivity index (χ0v) is 13.6. The van der Waals surface area contributed by atoms with Gasteiger partial charge in [-0.1, -0.05) is 0 Å². The third-order valence-corrected chi connectivity index (χ3v) is 4.82. The predicted molar refractivity (Wildman–Crippen MR) is 86.7 cm³/mol. The fourth-order valence-electron chi connectivity index (χ4n) is 2.50. The molecule has 0 saturated carbocycles. The van der Waals surface area contributed by atoms with Crippen LogP contribution in [-0.2, 0) is 22.5 Å². The first-order valence-corrected chi connectivity index (χ1v) is 8.19. The molecule has 0 fully saturated rings. The number of nitrogens with zero attached hydrogens (tertiary/aromatic N) is 1. The molecule has 0 radical (unpaired) electrons. The molecule has 120 valence electrons. The monoisotopic (exact) mass is 331 g/mol. The van der Waals surface area contributed by atoms with Crippen LogP contribution in [0, 0.1) is 0 Å². The lowest BCUT2D eigenvalue weighted by atomic mass is 10.1. The molecule has 3 rings (SSSR count). The molecule has 6 heteroatoms. The van der Waals surface area contributed by atoms with Gasteiger partial charge in [0.05, 0.1) is 12.7 Å². The van der Waals surface area contributed by atoms with Crippen molar-refractivity contribution >= 4 is 23.2 Å². The average Bonchev–Trinajstić information content (AvgIpc) is 3.07. The minimum atomic E-state index is -0.396. The van der Waals surface area contributed by atoms with E-state index in [-0.39, 0.29) is 12.5 Å². The number of fused-ring (bicyclic) bond motifs is 1. The zero-order valence-electron chi connectivity index (χ0n) is 12.8. The van der Waals surface area contributed by atoms with Crippen LogP contribution in [0.15, 0.2) is 35.7 Å². The Hall–Kier alpha value is -2.34. The highest BCUT2D eigenvalue weighted by molar-refractivity contribution is 7.10. The second-order valence-corrected chi connectivity index (χ2v) is 6.24. The second-order valence-electron chi connectivity index (χ2n) is 5.24. The molecule has 2 aromatic rings. The standard InChI is InChI=1S/C17H17NO4S/c1-21-17(20)12-2-4-14(5-3-12)22-11-16(19)18-8-6-15-13(10-18)7-9-23-15/h2-5,7,9H,6,8,10-11H2,1H3.